The summed E-state index contributed by atoms with van der Waals surface area (Å²) in [6.07, 6.45) is 3.29. The molecule has 1 N–H and O–H groups in total. The topological polar surface area (TPSA) is 27.6 Å². The quantitative estimate of drug-likeness (QED) is 0.903. The van der Waals surface area contributed by atoms with Crippen LogP contribution in [0.15, 0.2) is 29.3 Å². The van der Waals surface area contributed by atoms with E-state index in [2.05, 4.69) is 52.8 Å². The fraction of sp³-hybridized carbons (Fsp3) is 0.500. The van der Waals surface area contributed by atoms with Gasteiger partial charge in [0.15, 0.2) is 5.96 Å². The average molecular weight is 263 g/mol. The fourth-order valence-electron chi connectivity index (χ4n) is 2.09. The Bertz CT molecular complexity index is 417. The van der Waals surface area contributed by atoms with Gasteiger partial charge >= 0.3 is 0 Å². The van der Waals surface area contributed by atoms with Crippen molar-refractivity contribution in [2.45, 2.75) is 18.7 Å². The molecular formula is C14H21N3S. The second-order valence-corrected chi connectivity index (χ2v) is 5.45. The second-order valence-electron chi connectivity index (χ2n) is 4.59. The van der Waals surface area contributed by atoms with Crippen LogP contribution in [0.1, 0.15) is 17.5 Å². The smallest absolute Gasteiger partial charge is 0.193 e. The van der Waals surface area contributed by atoms with Crippen LogP contribution in [0.4, 0.5) is 0 Å². The fourth-order valence-corrected chi connectivity index (χ4v) is 2.60. The van der Waals surface area contributed by atoms with Crippen molar-refractivity contribution < 1.29 is 0 Å². The Balaban J connectivity index is 1.93. The zero-order valence-electron chi connectivity index (χ0n) is 11.1. The molecule has 0 spiro atoms. The predicted molar refractivity (Wildman–Crippen MR) is 80.0 cm³/mol. The first-order valence-electron chi connectivity index (χ1n) is 6.36. The Labute approximate surface area is 114 Å². The number of hydrogen-bond donors (Lipinski definition) is 1. The van der Waals surface area contributed by atoms with Crippen molar-refractivity contribution in [2.75, 3.05) is 26.4 Å². The van der Waals surface area contributed by atoms with Crippen LogP contribution in [0.5, 0.6) is 0 Å². The molecule has 0 aliphatic carbocycles. The maximum atomic E-state index is 4.51. The normalized spacial score (nSPS) is 15.4. The number of benzene rings is 1. The van der Waals surface area contributed by atoms with Crippen molar-refractivity contribution in [3.63, 3.8) is 0 Å². The molecule has 1 heterocycles. The first-order chi connectivity index (χ1) is 8.79. The van der Waals surface area contributed by atoms with Gasteiger partial charge in [-0.2, -0.15) is 11.8 Å². The number of guanidine groups is 1. The molecule has 1 aromatic carbocycles. The number of nitrogens with zero attached hydrogens (tertiary/aromatic N) is 2. The van der Waals surface area contributed by atoms with Crippen LogP contribution in [0.3, 0.4) is 0 Å². The summed E-state index contributed by atoms with van der Waals surface area (Å²) in [6.45, 7) is 2.89. The van der Waals surface area contributed by atoms with Crippen molar-refractivity contribution in [1.82, 2.24) is 10.2 Å². The van der Waals surface area contributed by atoms with Gasteiger partial charge in [0, 0.05) is 32.4 Å². The first kappa shape index (κ1) is 13.3. The Kier molecular flexibility index (Phi) is 4.93. The highest BCUT2D eigenvalue weighted by molar-refractivity contribution is 7.97. The average Bonchev–Trinajstić information content (AvgIpc) is 2.39. The molecule has 1 aromatic rings. The van der Waals surface area contributed by atoms with Gasteiger partial charge in [0.05, 0.1) is 0 Å². The summed E-state index contributed by atoms with van der Waals surface area (Å²) in [5, 5.41) is 3.43. The van der Waals surface area contributed by atoms with E-state index in [0.29, 0.717) is 0 Å². The number of thioether (sulfide) groups is 1. The second kappa shape index (κ2) is 6.69. The molecule has 1 aliphatic rings. The molecule has 98 valence electrons. The monoisotopic (exact) mass is 263 g/mol. The highest BCUT2D eigenvalue weighted by atomic mass is 32.2. The summed E-state index contributed by atoms with van der Waals surface area (Å²) >= 11 is 1.86. The Hall–Kier alpha value is -1.16. The third-order valence-corrected chi connectivity index (χ3v) is 3.65. The van der Waals surface area contributed by atoms with Gasteiger partial charge in [-0.3, -0.25) is 4.99 Å². The highest BCUT2D eigenvalue weighted by Crippen LogP contribution is 2.11. The molecule has 0 unspecified atom stereocenters. The van der Waals surface area contributed by atoms with Crippen LogP contribution >= 0.6 is 11.8 Å². The van der Waals surface area contributed by atoms with E-state index in [-0.39, 0.29) is 0 Å². The van der Waals surface area contributed by atoms with Crippen LogP contribution in [0.2, 0.25) is 0 Å². The summed E-state index contributed by atoms with van der Waals surface area (Å²) in [5.74, 6) is 2.10. The van der Waals surface area contributed by atoms with Crippen molar-refractivity contribution in [2.24, 2.45) is 4.99 Å². The number of aliphatic imine (C=N–C) groups is 1. The highest BCUT2D eigenvalue weighted by Gasteiger charge is 2.09. The first-order valence-corrected chi connectivity index (χ1v) is 7.75. The zero-order valence-corrected chi connectivity index (χ0v) is 12.0. The molecule has 0 aromatic heterocycles. The lowest BCUT2D eigenvalue weighted by Crippen LogP contribution is -2.41. The Morgan fingerprint density at radius 3 is 3.00 bits per heavy atom. The summed E-state index contributed by atoms with van der Waals surface area (Å²) in [4.78, 5) is 6.70. The molecule has 1 aliphatic heterocycles. The van der Waals surface area contributed by atoms with Gasteiger partial charge in [-0.15, -0.1) is 0 Å². The van der Waals surface area contributed by atoms with Gasteiger partial charge in [-0.25, -0.2) is 0 Å². The van der Waals surface area contributed by atoms with Gasteiger partial charge in [-0.1, -0.05) is 24.3 Å². The van der Waals surface area contributed by atoms with E-state index in [1.165, 1.54) is 11.1 Å². The van der Waals surface area contributed by atoms with Crippen LogP contribution in [0, 0.1) is 0 Å². The summed E-state index contributed by atoms with van der Waals surface area (Å²) < 4.78 is 0. The maximum Gasteiger partial charge on any atom is 0.193 e. The SMILES string of the molecule is CSCc1cccc(CNC2=NCCCN2C)c1. The van der Waals surface area contributed by atoms with Crippen molar-refractivity contribution in [3.05, 3.63) is 35.4 Å². The van der Waals surface area contributed by atoms with E-state index < -0.39 is 0 Å². The van der Waals surface area contributed by atoms with Crippen LogP contribution in [-0.4, -0.2) is 37.3 Å². The van der Waals surface area contributed by atoms with Crippen LogP contribution in [0.25, 0.3) is 0 Å². The molecular weight excluding hydrogens is 242 g/mol. The van der Waals surface area contributed by atoms with Crippen molar-refractivity contribution >= 4 is 17.7 Å². The minimum Gasteiger partial charge on any atom is -0.352 e. The van der Waals surface area contributed by atoms with Crippen LogP contribution in [-0.2, 0) is 12.3 Å². The molecule has 0 radical (unpaired) electrons. The van der Waals surface area contributed by atoms with E-state index in [1.807, 2.05) is 11.8 Å². The van der Waals surface area contributed by atoms with Crippen molar-refractivity contribution in [3.8, 4) is 0 Å². The Morgan fingerprint density at radius 2 is 2.22 bits per heavy atom. The van der Waals surface area contributed by atoms with Crippen LogP contribution < -0.4 is 5.32 Å². The largest absolute Gasteiger partial charge is 0.352 e. The molecule has 0 saturated carbocycles. The van der Waals surface area contributed by atoms with E-state index in [9.17, 15) is 0 Å². The molecule has 0 saturated heterocycles. The molecule has 3 nitrogen and oxygen atoms in total. The minimum absolute atomic E-state index is 0.853. The standard InChI is InChI=1S/C14H21N3S/c1-17-8-4-7-15-14(17)16-10-12-5-3-6-13(9-12)11-18-2/h3,5-6,9H,4,7-8,10-11H2,1-2H3,(H,15,16). The molecule has 18 heavy (non-hydrogen) atoms. The van der Waals surface area contributed by atoms with E-state index in [4.69, 9.17) is 0 Å². The van der Waals surface area contributed by atoms with Gasteiger partial charge in [0.2, 0.25) is 0 Å². The summed E-state index contributed by atoms with van der Waals surface area (Å²) in [7, 11) is 2.09. The molecule has 0 bridgehead atoms. The summed E-state index contributed by atoms with van der Waals surface area (Å²) in [5.41, 5.74) is 2.71. The number of rotatable bonds is 4. The molecule has 4 heteroatoms. The van der Waals surface area contributed by atoms with E-state index in [1.54, 1.807) is 0 Å². The lowest BCUT2D eigenvalue weighted by molar-refractivity contribution is 0.446. The number of nitrogens with one attached hydrogen (secondary N) is 1. The lowest BCUT2D eigenvalue weighted by Gasteiger charge is -2.25. The third-order valence-electron chi connectivity index (χ3n) is 3.03. The van der Waals surface area contributed by atoms with Gasteiger partial charge in [0.25, 0.3) is 0 Å². The third kappa shape index (κ3) is 3.67. The zero-order chi connectivity index (χ0) is 12.8. The van der Waals surface area contributed by atoms with Gasteiger partial charge < -0.3 is 10.2 Å². The van der Waals surface area contributed by atoms with Gasteiger partial charge in [-0.05, 0) is 23.8 Å². The maximum absolute atomic E-state index is 4.51. The summed E-state index contributed by atoms with van der Waals surface area (Å²) in [6, 6.07) is 8.76. The lowest BCUT2D eigenvalue weighted by atomic mass is 10.1. The molecule has 2 rings (SSSR count). The Morgan fingerprint density at radius 1 is 1.39 bits per heavy atom. The van der Waals surface area contributed by atoms with Crippen molar-refractivity contribution in [1.29, 1.82) is 0 Å². The predicted octanol–water partition coefficient (Wildman–Crippen LogP) is 2.33. The molecule has 0 amide bonds. The van der Waals surface area contributed by atoms with E-state index in [0.717, 1.165) is 37.8 Å². The minimum atomic E-state index is 0.853. The molecule has 0 atom stereocenters. The van der Waals surface area contributed by atoms with Gasteiger partial charge in [0.1, 0.15) is 0 Å². The number of hydrogen-bond acceptors (Lipinski definition) is 4. The van der Waals surface area contributed by atoms with E-state index >= 15 is 0 Å². The molecule has 0 fully saturated rings.